The molecule has 1 aromatic carbocycles. The van der Waals surface area contributed by atoms with E-state index in [1.54, 1.807) is 13.0 Å². The number of ether oxygens (including phenoxy) is 2. The predicted molar refractivity (Wildman–Crippen MR) is 137 cm³/mol. The van der Waals surface area contributed by atoms with Gasteiger partial charge in [0.15, 0.2) is 5.05 Å². The zero-order valence-corrected chi connectivity index (χ0v) is 20.4. The van der Waals surface area contributed by atoms with E-state index < -0.39 is 11.9 Å². The smallest absolute Gasteiger partial charge is 0.338 e. The molecule has 9 heteroatoms. The number of thiocarbonyl (C=S) groups is 1. The average Bonchev–Trinajstić information content (AvgIpc) is 3.46. The lowest BCUT2D eigenvalue weighted by molar-refractivity contribution is -0.139. The van der Waals surface area contributed by atoms with Crippen LogP contribution in [0.3, 0.4) is 0 Å². The molecule has 35 heavy (non-hydrogen) atoms. The highest BCUT2D eigenvalue weighted by atomic mass is 32.2. The van der Waals surface area contributed by atoms with Gasteiger partial charge in [0.2, 0.25) is 0 Å². The Morgan fingerprint density at radius 3 is 2.80 bits per heavy atom. The Balaban J connectivity index is 1.54. The predicted octanol–water partition coefficient (Wildman–Crippen LogP) is 4.61. The van der Waals surface area contributed by atoms with Crippen molar-refractivity contribution in [2.75, 3.05) is 12.4 Å². The third-order valence-corrected chi connectivity index (χ3v) is 7.11. The van der Waals surface area contributed by atoms with E-state index in [0.29, 0.717) is 33.3 Å². The number of fused-ring (bicyclic) bond motifs is 3. The van der Waals surface area contributed by atoms with Gasteiger partial charge in [0, 0.05) is 17.5 Å². The van der Waals surface area contributed by atoms with Crippen molar-refractivity contribution in [1.29, 1.82) is 5.26 Å². The molecular formula is C26H20N4O3S2. The van der Waals surface area contributed by atoms with E-state index in [1.807, 2.05) is 59.3 Å². The molecule has 2 aromatic heterocycles. The van der Waals surface area contributed by atoms with Gasteiger partial charge in [0.05, 0.1) is 40.7 Å². The van der Waals surface area contributed by atoms with Crippen LogP contribution in [0.5, 0.6) is 0 Å². The molecule has 174 valence electrons. The van der Waals surface area contributed by atoms with E-state index >= 15 is 0 Å². The number of rotatable bonds is 6. The zero-order valence-electron chi connectivity index (χ0n) is 18.7. The Morgan fingerprint density at radius 1 is 1.26 bits per heavy atom. The molecule has 3 aromatic rings. The van der Waals surface area contributed by atoms with Gasteiger partial charge in [-0.15, -0.1) is 0 Å². The summed E-state index contributed by atoms with van der Waals surface area (Å²) in [5.74, 6) is 0.100. The highest BCUT2D eigenvalue weighted by Gasteiger charge is 2.44. The van der Waals surface area contributed by atoms with Gasteiger partial charge in [-0.1, -0.05) is 42.1 Å². The molecular weight excluding hydrogens is 480 g/mol. The van der Waals surface area contributed by atoms with Gasteiger partial charge < -0.3 is 19.8 Å². The van der Waals surface area contributed by atoms with Crippen molar-refractivity contribution in [3.8, 4) is 17.3 Å². The van der Waals surface area contributed by atoms with Gasteiger partial charge in [0.25, 0.3) is 0 Å². The highest BCUT2D eigenvalue weighted by Crippen LogP contribution is 2.46. The second-order valence-electron chi connectivity index (χ2n) is 7.80. The first-order valence-electron chi connectivity index (χ1n) is 10.9. The summed E-state index contributed by atoms with van der Waals surface area (Å²) in [5, 5.41) is 10.4. The number of nitrogens with two attached hydrogens (primary N) is 1. The van der Waals surface area contributed by atoms with Crippen LogP contribution in [0.25, 0.3) is 17.1 Å². The fraction of sp³-hybridized carbons (Fsp3) is 0.154. The van der Waals surface area contributed by atoms with Gasteiger partial charge >= 0.3 is 5.97 Å². The van der Waals surface area contributed by atoms with E-state index in [2.05, 4.69) is 6.07 Å². The number of nitrogens with zero attached hydrogens (tertiary/aromatic N) is 3. The summed E-state index contributed by atoms with van der Waals surface area (Å²) in [4.78, 5) is 17.8. The highest BCUT2D eigenvalue weighted by molar-refractivity contribution is 7.99. The summed E-state index contributed by atoms with van der Waals surface area (Å²) < 4.78 is 13.2. The van der Waals surface area contributed by atoms with Gasteiger partial charge in [-0.3, -0.25) is 0 Å². The van der Waals surface area contributed by atoms with Gasteiger partial charge in [0.1, 0.15) is 22.7 Å². The molecule has 4 heterocycles. The van der Waals surface area contributed by atoms with Crippen LogP contribution in [0.1, 0.15) is 24.1 Å². The third kappa shape index (κ3) is 4.01. The van der Waals surface area contributed by atoms with E-state index in [4.69, 9.17) is 32.4 Å². The lowest BCUT2D eigenvalue weighted by atomic mass is 9.87. The van der Waals surface area contributed by atoms with Crippen molar-refractivity contribution in [3.05, 3.63) is 89.0 Å². The van der Waals surface area contributed by atoms with Crippen molar-refractivity contribution >= 4 is 40.8 Å². The van der Waals surface area contributed by atoms with Crippen molar-refractivity contribution in [2.45, 2.75) is 17.9 Å². The molecule has 2 aliphatic heterocycles. The van der Waals surface area contributed by atoms with E-state index in [9.17, 15) is 10.1 Å². The first kappa shape index (κ1) is 22.9. The van der Waals surface area contributed by atoms with Gasteiger partial charge in [-0.2, -0.15) is 5.26 Å². The second-order valence-corrected chi connectivity index (χ2v) is 9.13. The molecule has 2 aliphatic rings. The molecule has 7 nitrogen and oxygen atoms in total. The number of hydrogen-bond donors (Lipinski definition) is 1. The molecule has 2 N–H and O–H groups in total. The maximum absolute atomic E-state index is 13.1. The van der Waals surface area contributed by atoms with Crippen LogP contribution in [0.4, 0.5) is 0 Å². The number of carbonyl (C=O) groups is 1. The number of hydrogen-bond acceptors (Lipinski definition) is 8. The number of benzene rings is 1. The molecule has 0 bridgehead atoms. The zero-order chi connectivity index (χ0) is 24.5. The number of nitriles is 1. The van der Waals surface area contributed by atoms with Crippen molar-refractivity contribution in [2.24, 2.45) is 5.73 Å². The quantitative estimate of drug-likeness (QED) is 0.297. The summed E-state index contributed by atoms with van der Waals surface area (Å²) in [5.41, 5.74) is 10.3. The van der Waals surface area contributed by atoms with Crippen LogP contribution >= 0.6 is 24.0 Å². The van der Waals surface area contributed by atoms with Crippen molar-refractivity contribution in [1.82, 2.24) is 9.55 Å². The van der Waals surface area contributed by atoms with Crippen LogP contribution in [-0.4, -0.2) is 32.9 Å². The molecule has 1 unspecified atom stereocenters. The minimum Gasteiger partial charge on any atom is -0.463 e. The number of pyridine rings is 1. The topological polar surface area (TPSA) is 103 Å². The number of carbonyl (C=O) groups excluding carboxylic acids is 1. The Kier molecular flexibility index (Phi) is 6.16. The molecule has 0 saturated heterocycles. The Hall–Kier alpha value is -3.87. The summed E-state index contributed by atoms with van der Waals surface area (Å²) in [6.45, 7) is 1.97. The minimum absolute atomic E-state index is 0.217. The first-order chi connectivity index (χ1) is 17.0. The van der Waals surface area contributed by atoms with Crippen molar-refractivity contribution in [3.63, 3.8) is 0 Å². The van der Waals surface area contributed by atoms with Crippen LogP contribution in [0.15, 0.2) is 82.7 Å². The summed E-state index contributed by atoms with van der Waals surface area (Å²) in [6, 6.07) is 19.3. The summed E-state index contributed by atoms with van der Waals surface area (Å²) in [7, 11) is 0. The fourth-order valence-electron chi connectivity index (χ4n) is 4.26. The minimum atomic E-state index is -0.484. The van der Waals surface area contributed by atoms with Gasteiger partial charge in [-0.05, 0) is 43.4 Å². The second kappa shape index (κ2) is 9.41. The van der Waals surface area contributed by atoms with Crippen molar-refractivity contribution < 1.29 is 14.3 Å². The maximum Gasteiger partial charge on any atom is 0.338 e. The maximum atomic E-state index is 13.1. The van der Waals surface area contributed by atoms with Crippen LogP contribution < -0.4 is 5.73 Å². The molecule has 0 amide bonds. The van der Waals surface area contributed by atoms with Crippen LogP contribution in [0, 0.1) is 11.3 Å². The fourth-order valence-corrected chi connectivity index (χ4v) is 5.50. The van der Waals surface area contributed by atoms with Gasteiger partial charge in [-0.25, -0.2) is 9.78 Å². The Morgan fingerprint density at radius 2 is 2.06 bits per heavy atom. The number of thioether (sulfide) groups is 1. The third-order valence-electron chi connectivity index (χ3n) is 5.81. The Bertz CT molecular complexity index is 1450. The standard InChI is InChI=1S/C26H20N4O3S2/c1-2-32-25(31)21-19(33-26(34)22-20(21)18-9-6-12-30(18)23(22)28)14-35-24-16(13-27)10-11-17(29-24)15-7-4-3-5-8-15/h3-12,20H,2,14,28H2,1H3. The molecule has 0 spiro atoms. The monoisotopic (exact) mass is 500 g/mol. The SMILES string of the molecule is CCOC(=O)C1=C(CSc2nc(-c3ccccc3)ccc2C#N)OC(=S)C2=C(N)n3cccc3C12. The molecule has 1 atom stereocenters. The summed E-state index contributed by atoms with van der Waals surface area (Å²) in [6.07, 6.45) is 1.83. The average molecular weight is 501 g/mol. The molecule has 5 rings (SSSR count). The Labute approximate surface area is 211 Å². The first-order valence-corrected chi connectivity index (χ1v) is 12.3. The lowest BCUT2D eigenvalue weighted by Gasteiger charge is -2.27. The normalized spacial score (nSPS) is 16.5. The van der Waals surface area contributed by atoms with E-state index in [0.717, 1.165) is 17.0 Å². The molecule has 0 aliphatic carbocycles. The van der Waals surface area contributed by atoms with Crippen LogP contribution in [-0.2, 0) is 14.3 Å². The molecule has 0 radical (unpaired) electrons. The van der Waals surface area contributed by atoms with E-state index in [1.165, 1.54) is 11.8 Å². The molecule has 0 fully saturated rings. The lowest BCUT2D eigenvalue weighted by Crippen LogP contribution is -2.28. The number of esters is 1. The van der Waals surface area contributed by atoms with E-state index in [-0.39, 0.29) is 17.4 Å². The van der Waals surface area contributed by atoms with Crippen LogP contribution in [0.2, 0.25) is 0 Å². The summed E-state index contributed by atoms with van der Waals surface area (Å²) >= 11 is 6.85. The molecule has 0 saturated carbocycles. The largest absolute Gasteiger partial charge is 0.463 e. The number of aromatic nitrogens is 2.